The average molecular weight is 324 g/mol. The van der Waals surface area contributed by atoms with Gasteiger partial charge in [0.05, 0.1) is 18.7 Å². The van der Waals surface area contributed by atoms with E-state index in [2.05, 4.69) is 12.1 Å². The molecule has 0 aliphatic heterocycles. The summed E-state index contributed by atoms with van der Waals surface area (Å²) in [6, 6.07) is 13.4. The number of aromatic nitrogens is 1. The van der Waals surface area contributed by atoms with Crippen molar-refractivity contribution in [2.24, 2.45) is 5.18 Å². The SMILES string of the molecule is CCCOc1ccccc1Cn1c(O)c(N=O)c2cc(C)ccc21. The zero-order chi connectivity index (χ0) is 17.1. The van der Waals surface area contributed by atoms with Gasteiger partial charge in [0.1, 0.15) is 5.75 Å². The summed E-state index contributed by atoms with van der Waals surface area (Å²) >= 11 is 0. The van der Waals surface area contributed by atoms with E-state index in [1.807, 2.05) is 49.4 Å². The van der Waals surface area contributed by atoms with Crippen LogP contribution >= 0.6 is 0 Å². The molecule has 3 rings (SSSR count). The van der Waals surface area contributed by atoms with Crippen molar-refractivity contribution in [2.75, 3.05) is 6.61 Å². The summed E-state index contributed by atoms with van der Waals surface area (Å²) in [7, 11) is 0. The minimum Gasteiger partial charge on any atom is -0.493 e. The predicted molar refractivity (Wildman–Crippen MR) is 95.1 cm³/mol. The summed E-state index contributed by atoms with van der Waals surface area (Å²) < 4.78 is 7.48. The highest BCUT2D eigenvalue weighted by atomic mass is 16.5. The standard InChI is InChI=1S/C19H20N2O3/c1-3-10-24-17-7-5-4-6-14(17)12-21-16-9-8-13(2)11-15(16)18(20-23)19(21)22/h4-9,11,22H,3,10,12H2,1-2H3. The molecule has 124 valence electrons. The Morgan fingerprint density at radius 3 is 2.75 bits per heavy atom. The number of fused-ring (bicyclic) bond motifs is 1. The first kappa shape index (κ1) is 16.1. The average Bonchev–Trinajstić information content (AvgIpc) is 2.85. The number of ether oxygens (including phenoxy) is 1. The summed E-state index contributed by atoms with van der Waals surface area (Å²) in [4.78, 5) is 11.2. The van der Waals surface area contributed by atoms with Gasteiger partial charge in [-0.2, -0.15) is 0 Å². The van der Waals surface area contributed by atoms with E-state index in [1.54, 1.807) is 4.57 Å². The molecule has 0 bridgehead atoms. The van der Waals surface area contributed by atoms with E-state index >= 15 is 0 Å². The number of nitrogens with zero attached hydrogens (tertiary/aromatic N) is 2. The van der Waals surface area contributed by atoms with Crippen LogP contribution in [0, 0.1) is 11.8 Å². The Kier molecular flexibility index (Phi) is 4.51. The third-order valence-electron chi connectivity index (χ3n) is 4.02. The lowest BCUT2D eigenvalue weighted by atomic mass is 10.1. The fraction of sp³-hybridized carbons (Fsp3) is 0.263. The Morgan fingerprint density at radius 2 is 2.00 bits per heavy atom. The summed E-state index contributed by atoms with van der Waals surface area (Å²) in [5, 5.41) is 14.1. The lowest BCUT2D eigenvalue weighted by Gasteiger charge is -2.13. The van der Waals surface area contributed by atoms with Crippen molar-refractivity contribution in [1.82, 2.24) is 4.57 Å². The fourth-order valence-corrected chi connectivity index (χ4v) is 2.84. The van der Waals surface area contributed by atoms with E-state index in [1.165, 1.54) is 0 Å². The van der Waals surface area contributed by atoms with Gasteiger partial charge in [-0.3, -0.25) is 0 Å². The molecular formula is C19H20N2O3. The molecule has 0 radical (unpaired) electrons. The lowest BCUT2D eigenvalue weighted by Crippen LogP contribution is -2.03. The van der Waals surface area contributed by atoms with Gasteiger partial charge in [0.2, 0.25) is 5.88 Å². The van der Waals surface area contributed by atoms with Gasteiger partial charge < -0.3 is 14.4 Å². The summed E-state index contributed by atoms with van der Waals surface area (Å²) in [5.74, 6) is 0.671. The predicted octanol–water partition coefficient (Wildman–Crippen LogP) is 4.89. The molecule has 0 saturated carbocycles. The van der Waals surface area contributed by atoms with Crippen molar-refractivity contribution in [2.45, 2.75) is 26.8 Å². The molecule has 0 aliphatic carbocycles. The van der Waals surface area contributed by atoms with Crippen LogP contribution in [0.4, 0.5) is 5.69 Å². The maximum Gasteiger partial charge on any atom is 0.222 e. The van der Waals surface area contributed by atoms with Gasteiger partial charge in [0, 0.05) is 10.9 Å². The first-order chi connectivity index (χ1) is 11.7. The second kappa shape index (κ2) is 6.74. The molecule has 0 amide bonds. The van der Waals surface area contributed by atoms with Crippen LogP contribution < -0.4 is 4.74 Å². The van der Waals surface area contributed by atoms with Crippen molar-refractivity contribution >= 4 is 16.6 Å². The normalized spacial score (nSPS) is 10.9. The Balaban J connectivity index is 2.08. The maximum atomic E-state index is 11.2. The molecule has 0 spiro atoms. The molecule has 0 fully saturated rings. The number of hydrogen-bond donors (Lipinski definition) is 1. The topological polar surface area (TPSA) is 63.8 Å². The van der Waals surface area contributed by atoms with E-state index in [-0.39, 0.29) is 11.6 Å². The van der Waals surface area contributed by atoms with E-state index < -0.39 is 0 Å². The van der Waals surface area contributed by atoms with Crippen molar-refractivity contribution in [3.63, 3.8) is 0 Å². The molecule has 0 saturated heterocycles. The van der Waals surface area contributed by atoms with Crippen LogP contribution in [-0.2, 0) is 6.54 Å². The largest absolute Gasteiger partial charge is 0.493 e. The number of rotatable bonds is 6. The van der Waals surface area contributed by atoms with E-state index in [9.17, 15) is 10.0 Å². The van der Waals surface area contributed by atoms with Crippen LogP contribution in [-0.4, -0.2) is 16.3 Å². The third kappa shape index (κ3) is 2.85. The molecule has 0 atom stereocenters. The van der Waals surface area contributed by atoms with Gasteiger partial charge in [-0.1, -0.05) is 36.8 Å². The van der Waals surface area contributed by atoms with E-state index in [0.717, 1.165) is 28.8 Å². The highest BCUT2D eigenvalue weighted by molar-refractivity contribution is 5.95. The van der Waals surface area contributed by atoms with Gasteiger partial charge in [-0.15, -0.1) is 4.91 Å². The minimum atomic E-state index is -0.115. The number of benzene rings is 2. The zero-order valence-electron chi connectivity index (χ0n) is 13.8. The summed E-state index contributed by atoms with van der Waals surface area (Å²) in [6.07, 6.45) is 0.921. The fourth-order valence-electron chi connectivity index (χ4n) is 2.84. The van der Waals surface area contributed by atoms with Crippen LogP contribution in [0.1, 0.15) is 24.5 Å². The molecule has 5 nitrogen and oxygen atoms in total. The molecule has 24 heavy (non-hydrogen) atoms. The molecule has 0 aliphatic rings. The summed E-state index contributed by atoms with van der Waals surface area (Å²) in [6.45, 7) is 5.03. The molecule has 5 heteroatoms. The van der Waals surface area contributed by atoms with Crippen LogP contribution in [0.15, 0.2) is 47.6 Å². The van der Waals surface area contributed by atoms with Crippen molar-refractivity contribution < 1.29 is 9.84 Å². The molecule has 2 aromatic carbocycles. The van der Waals surface area contributed by atoms with Crippen LogP contribution in [0.25, 0.3) is 10.9 Å². The van der Waals surface area contributed by atoms with Gasteiger partial charge >= 0.3 is 0 Å². The lowest BCUT2D eigenvalue weighted by molar-refractivity contribution is 0.313. The minimum absolute atomic E-state index is 0.0839. The highest BCUT2D eigenvalue weighted by Gasteiger charge is 2.18. The second-order valence-electron chi connectivity index (χ2n) is 5.83. The molecule has 3 aromatic rings. The van der Waals surface area contributed by atoms with Crippen LogP contribution in [0.5, 0.6) is 11.6 Å². The quantitative estimate of drug-likeness (QED) is 0.657. The number of aryl methyl sites for hydroxylation is 1. The molecular weight excluding hydrogens is 304 g/mol. The molecule has 1 heterocycles. The van der Waals surface area contributed by atoms with Crippen molar-refractivity contribution in [3.05, 3.63) is 58.5 Å². The highest BCUT2D eigenvalue weighted by Crippen LogP contribution is 2.39. The Bertz CT molecular complexity index is 884. The van der Waals surface area contributed by atoms with Gasteiger partial charge in [-0.05, 0) is 36.7 Å². The maximum absolute atomic E-state index is 11.2. The van der Waals surface area contributed by atoms with Crippen LogP contribution in [0.3, 0.4) is 0 Å². The van der Waals surface area contributed by atoms with E-state index in [4.69, 9.17) is 4.74 Å². The first-order valence-corrected chi connectivity index (χ1v) is 8.01. The smallest absolute Gasteiger partial charge is 0.222 e. The van der Waals surface area contributed by atoms with Crippen LogP contribution in [0.2, 0.25) is 0 Å². The van der Waals surface area contributed by atoms with Crippen molar-refractivity contribution in [3.8, 4) is 11.6 Å². The van der Waals surface area contributed by atoms with E-state index in [0.29, 0.717) is 18.5 Å². The number of aromatic hydroxyl groups is 1. The van der Waals surface area contributed by atoms with Gasteiger partial charge in [-0.25, -0.2) is 0 Å². The first-order valence-electron chi connectivity index (χ1n) is 8.01. The Labute approximate surface area is 140 Å². The Hall–Kier alpha value is -2.82. The third-order valence-corrected chi connectivity index (χ3v) is 4.02. The zero-order valence-corrected chi connectivity index (χ0v) is 13.8. The monoisotopic (exact) mass is 324 g/mol. The Morgan fingerprint density at radius 1 is 1.21 bits per heavy atom. The molecule has 1 N–H and O–H groups in total. The van der Waals surface area contributed by atoms with Gasteiger partial charge in [0.25, 0.3) is 0 Å². The number of nitroso groups, excluding NO2 is 1. The number of para-hydroxylation sites is 1. The molecule has 0 unspecified atom stereocenters. The van der Waals surface area contributed by atoms with Crippen molar-refractivity contribution in [1.29, 1.82) is 0 Å². The van der Waals surface area contributed by atoms with Gasteiger partial charge in [0.15, 0.2) is 5.69 Å². The summed E-state index contributed by atoms with van der Waals surface area (Å²) in [5.41, 5.74) is 2.81. The second-order valence-corrected chi connectivity index (χ2v) is 5.83. The molecule has 1 aromatic heterocycles. The number of hydrogen-bond acceptors (Lipinski definition) is 4.